The average molecular weight is 430 g/mol. The normalized spacial score (nSPS) is 11.1. The topological polar surface area (TPSA) is 112 Å². The van der Waals surface area contributed by atoms with E-state index in [1.54, 1.807) is 30.2 Å². The zero-order valence-corrected chi connectivity index (χ0v) is 18.6. The Morgan fingerprint density at radius 2 is 1.94 bits per heavy atom. The second kappa shape index (κ2) is 9.23. The number of nitrogens with one attached hydrogen (secondary N) is 1. The van der Waals surface area contributed by atoms with E-state index in [2.05, 4.69) is 38.2 Å². The predicted octanol–water partition coefficient (Wildman–Crippen LogP) is 3.18. The van der Waals surface area contributed by atoms with Gasteiger partial charge in [-0.2, -0.15) is 4.98 Å². The van der Waals surface area contributed by atoms with Crippen molar-refractivity contribution >= 4 is 17.0 Å². The molecule has 0 saturated heterocycles. The molecular weight excluding hydrogens is 402 g/mol. The first-order valence-electron chi connectivity index (χ1n) is 10.8. The van der Waals surface area contributed by atoms with Crippen molar-refractivity contribution in [1.29, 1.82) is 0 Å². The number of pyridine rings is 1. The lowest BCUT2D eigenvalue weighted by Gasteiger charge is -2.15. The van der Waals surface area contributed by atoms with E-state index in [1.807, 2.05) is 25.1 Å². The fraction of sp³-hybridized carbons (Fsp3) is 0.292. The molecular formula is C24H27N7O. The molecule has 0 radical (unpaired) electrons. The molecule has 0 atom stereocenters. The van der Waals surface area contributed by atoms with E-state index in [1.165, 1.54) is 0 Å². The van der Waals surface area contributed by atoms with Crippen molar-refractivity contribution in [3.63, 3.8) is 0 Å². The van der Waals surface area contributed by atoms with Gasteiger partial charge >= 0.3 is 0 Å². The van der Waals surface area contributed by atoms with Crippen LogP contribution in [-0.2, 0) is 13.0 Å². The predicted molar refractivity (Wildman–Crippen MR) is 128 cm³/mol. The Labute approximate surface area is 186 Å². The third kappa shape index (κ3) is 4.09. The Kier molecular flexibility index (Phi) is 6.23. The Bertz CT molecular complexity index is 1330. The van der Waals surface area contributed by atoms with Gasteiger partial charge in [-0.1, -0.05) is 19.1 Å². The summed E-state index contributed by atoms with van der Waals surface area (Å²) in [7, 11) is 1.76. The SMILES string of the molecule is CCc1cc(-c2cncc(C)n2)ccc1-c1cc2cnc(NC)nc2n(CCCN)c1=O. The van der Waals surface area contributed by atoms with Crippen molar-refractivity contribution in [3.8, 4) is 22.4 Å². The van der Waals surface area contributed by atoms with Gasteiger partial charge in [-0.15, -0.1) is 0 Å². The number of anilines is 1. The van der Waals surface area contributed by atoms with Crippen LogP contribution in [0.1, 0.15) is 24.6 Å². The highest BCUT2D eigenvalue weighted by atomic mass is 16.1. The number of aromatic nitrogens is 5. The summed E-state index contributed by atoms with van der Waals surface area (Å²) in [6.45, 7) is 5.00. The molecule has 0 aliphatic carbocycles. The van der Waals surface area contributed by atoms with Gasteiger partial charge in [-0.05, 0) is 49.6 Å². The molecule has 8 nitrogen and oxygen atoms in total. The fourth-order valence-corrected chi connectivity index (χ4v) is 3.84. The molecule has 0 aliphatic rings. The largest absolute Gasteiger partial charge is 0.357 e. The van der Waals surface area contributed by atoms with E-state index in [4.69, 9.17) is 5.73 Å². The number of nitrogens with zero attached hydrogens (tertiary/aromatic N) is 5. The molecule has 1 aromatic carbocycles. The van der Waals surface area contributed by atoms with E-state index >= 15 is 0 Å². The molecule has 32 heavy (non-hydrogen) atoms. The average Bonchev–Trinajstić information content (AvgIpc) is 2.82. The number of nitrogens with two attached hydrogens (primary N) is 1. The summed E-state index contributed by atoms with van der Waals surface area (Å²) in [4.78, 5) is 31.3. The van der Waals surface area contributed by atoms with Crippen LogP contribution in [0.25, 0.3) is 33.4 Å². The first kappa shape index (κ1) is 21.6. The van der Waals surface area contributed by atoms with Crippen molar-refractivity contribution in [3.05, 3.63) is 64.5 Å². The Hall–Kier alpha value is -3.65. The Morgan fingerprint density at radius 1 is 1.09 bits per heavy atom. The van der Waals surface area contributed by atoms with Crippen molar-refractivity contribution in [2.75, 3.05) is 18.9 Å². The molecule has 0 saturated carbocycles. The van der Waals surface area contributed by atoms with Crippen LogP contribution < -0.4 is 16.6 Å². The summed E-state index contributed by atoms with van der Waals surface area (Å²) in [6, 6.07) is 7.97. The van der Waals surface area contributed by atoms with Gasteiger partial charge in [-0.25, -0.2) is 9.97 Å². The molecule has 0 amide bonds. The van der Waals surface area contributed by atoms with E-state index in [0.29, 0.717) is 36.7 Å². The molecule has 3 aromatic heterocycles. The smallest absolute Gasteiger partial charge is 0.260 e. The minimum absolute atomic E-state index is 0.0792. The monoisotopic (exact) mass is 429 g/mol. The molecule has 164 valence electrons. The number of fused-ring (bicyclic) bond motifs is 1. The lowest BCUT2D eigenvalue weighted by molar-refractivity contribution is 0.646. The number of hydrogen-bond acceptors (Lipinski definition) is 7. The summed E-state index contributed by atoms with van der Waals surface area (Å²) in [6.07, 6.45) is 6.70. The highest BCUT2D eigenvalue weighted by Gasteiger charge is 2.16. The molecule has 3 heterocycles. The Morgan fingerprint density at radius 3 is 2.66 bits per heavy atom. The standard InChI is InChI=1S/C24H27N7O/c1-4-16-10-17(21-14-27-12-15(2)29-21)6-7-19(16)20-11-18-13-28-24(26-3)30-22(18)31(23(20)32)9-5-8-25/h6-7,10-14H,4-5,8-9,25H2,1-3H3,(H,26,28,30). The molecule has 0 aliphatic heterocycles. The van der Waals surface area contributed by atoms with Gasteiger partial charge in [0.05, 0.1) is 17.6 Å². The van der Waals surface area contributed by atoms with Crippen molar-refractivity contribution < 1.29 is 0 Å². The van der Waals surface area contributed by atoms with Crippen LogP contribution in [0.2, 0.25) is 0 Å². The van der Waals surface area contributed by atoms with Crippen molar-refractivity contribution in [1.82, 2.24) is 24.5 Å². The van der Waals surface area contributed by atoms with Crippen LogP contribution in [-0.4, -0.2) is 38.1 Å². The van der Waals surface area contributed by atoms with E-state index in [9.17, 15) is 4.79 Å². The summed E-state index contributed by atoms with van der Waals surface area (Å²) < 4.78 is 1.71. The minimum atomic E-state index is -0.0792. The van der Waals surface area contributed by atoms with Crippen LogP contribution in [0, 0.1) is 6.92 Å². The van der Waals surface area contributed by atoms with E-state index in [-0.39, 0.29) is 5.56 Å². The quantitative estimate of drug-likeness (QED) is 0.464. The fourth-order valence-electron chi connectivity index (χ4n) is 3.84. The minimum Gasteiger partial charge on any atom is -0.357 e. The number of rotatable bonds is 7. The van der Waals surface area contributed by atoms with Crippen LogP contribution >= 0.6 is 0 Å². The van der Waals surface area contributed by atoms with Crippen LogP contribution in [0.3, 0.4) is 0 Å². The van der Waals surface area contributed by atoms with Crippen molar-refractivity contribution in [2.45, 2.75) is 33.2 Å². The Balaban J connectivity index is 1.90. The van der Waals surface area contributed by atoms with Gasteiger partial charge in [-0.3, -0.25) is 14.3 Å². The molecule has 4 rings (SSSR count). The van der Waals surface area contributed by atoms with Gasteiger partial charge in [0.25, 0.3) is 5.56 Å². The lowest BCUT2D eigenvalue weighted by atomic mass is 9.95. The third-order valence-electron chi connectivity index (χ3n) is 5.46. The molecule has 3 N–H and O–H groups in total. The number of aryl methyl sites for hydroxylation is 3. The van der Waals surface area contributed by atoms with Gasteiger partial charge in [0, 0.05) is 42.5 Å². The zero-order chi connectivity index (χ0) is 22.7. The summed E-state index contributed by atoms with van der Waals surface area (Å²) >= 11 is 0. The lowest BCUT2D eigenvalue weighted by Crippen LogP contribution is -2.24. The van der Waals surface area contributed by atoms with Crippen LogP contribution in [0.4, 0.5) is 5.95 Å². The molecule has 0 bridgehead atoms. The third-order valence-corrected chi connectivity index (χ3v) is 5.46. The highest BCUT2D eigenvalue weighted by molar-refractivity contribution is 5.83. The second-order valence-electron chi connectivity index (χ2n) is 7.65. The zero-order valence-electron chi connectivity index (χ0n) is 18.6. The molecule has 0 unspecified atom stereocenters. The maximum atomic E-state index is 13.6. The number of benzene rings is 1. The van der Waals surface area contributed by atoms with Gasteiger partial charge in [0.15, 0.2) is 0 Å². The van der Waals surface area contributed by atoms with E-state index < -0.39 is 0 Å². The van der Waals surface area contributed by atoms with E-state index in [0.717, 1.165) is 39.9 Å². The van der Waals surface area contributed by atoms with Gasteiger partial charge in [0.2, 0.25) is 5.95 Å². The van der Waals surface area contributed by atoms with Crippen molar-refractivity contribution in [2.24, 2.45) is 5.73 Å². The maximum Gasteiger partial charge on any atom is 0.260 e. The maximum absolute atomic E-state index is 13.6. The summed E-state index contributed by atoms with van der Waals surface area (Å²) in [5.74, 6) is 0.476. The highest BCUT2D eigenvalue weighted by Crippen LogP contribution is 2.29. The van der Waals surface area contributed by atoms with Crippen LogP contribution in [0.5, 0.6) is 0 Å². The second-order valence-corrected chi connectivity index (χ2v) is 7.65. The summed E-state index contributed by atoms with van der Waals surface area (Å²) in [5.41, 5.74) is 11.5. The van der Waals surface area contributed by atoms with Gasteiger partial charge < -0.3 is 11.1 Å². The molecule has 0 fully saturated rings. The first-order valence-corrected chi connectivity index (χ1v) is 10.8. The summed E-state index contributed by atoms with van der Waals surface area (Å²) in [5, 5.41) is 3.75. The molecule has 0 spiro atoms. The van der Waals surface area contributed by atoms with Crippen LogP contribution in [0.15, 0.2) is 47.7 Å². The number of hydrogen-bond donors (Lipinski definition) is 2. The first-order chi connectivity index (χ1) is 15.5. The van der Waals surface area contributed by atoms with Gasteiger partial charge in [0.1, 0.15) is 5.65 Å². The molecule has 8 heteroatoms. The molecule has 4 aromatic rings.